The molecule has 0 fully saturated rings. The number of anilines is 1. The molecule has 2 rings (SSSR count). The molecule has 5 nitrogen and oxygen atoms in total. The topological polar surface area (TPSA) is 66.3 Å². The van der Waals surface area contributed by atoms with Gasteiger partial charge in [0.05, 0.1) is 4.48 Å². The van der Waals surface area contributed by atoms with E-state index in [-0.39, 0.29) is 5.91 Å². The molecule has 1 N–H and O–H groups in total. The van der Waals surface area contributed by atoms with E-state index in [9.17, 15) is 9.90 Å². The van der Waals surface area contributed by atoms with Crippen molar-refractivity contribution in [1.29, 1.82) is 0 Å². The summed E-state index contributed by atoms with van der Waals surface area (Å²) in [6.07, 6.45) is 0.372. The van der Waals surface area contributed by atoms with Gasteiger partial charge in [0.15, 0.2) is 6.23 Å². The Hall–Kier alpha value is -0.790. The number of hydrogen-bond donors (Lipinski definition) is 1. The molecular weight excluding hydrogens is 270 g/mol. The summed E-state index contributed by atoms with van der Waals surface area (Å²) in [5.74, 6) is -0.249. The van der Waals surface area contributed by atoms with Gasteiger partial charge in [-0.15, -0.1) is 0 Å². The van der Waals surface area contributed by atoms with Crippen molar-refractivity contribution >= 4 is 38.5 Å². The van der Waals surface area contributed by atoms with Crippen molar-refractivity contribution in [3.63, 3.8) is 0 Å². The minimum Gasteiger partial charge on any atom is -0.368 e. The third-order valence-corrected chi connectivity index (χ3v) is 3.59. The normalized spacial score (nSPS) is 22.4. The zero-order chi connectivity index (χ0) is 10.3. The summed E-state index contributed by atoms with van der Waals surface area (Å²) in [6.45, 7) is 1.65. The maximum absolute atomic E-state index is 11.6. The Morgan fingerprint density at radius 3 is 2.86 bits per heavy atom. The summed E-state index contributed by atoms with van der Waals surface area (Å²) in [4.78, 5) is 16.7. The van der Waals surface area contributed by atoms with Crippen molar-refractivity contribution < 1.29 is 9.90 Å². The monoisotopic (exact) mass is 275 g/mol. The third kappa shape index (κ3) is 1.28. The zero-order valence-electron chi connectivity index (χ0n) is 7.14. The van der Waals surface area contributed by atoms with Crippen molar-refractivity contribution in [2.24, 2.45) is 0 Å². The van der Waals surface area contributed by atoms with Gasteiger partial charge in [-0.3, -0.25) is 9.69 Å². The largest absolute Gasteiger partial charge is 0.368 e. The minimum absolute atomic E-state index is 0.249. The van der Waals surface area contributed by atoms with Crippen LogP contribution in [0.2, 0.25) is 0 Å². The molecule has 1 unspecified atom stereocenters. The SMILES string of the molecule is CC1=C(Br)C(O)N(c2ncns2)C1=O. The molecule has 1 aromatic heterocycles. The fraction of sp³-hybridized carbons (Fsp3) is 0.286. The van der Waals surface area contributed by atoms with Crippen LogP contribution in [-0.4, -0.2) is 26.6 Å². The highest BCUT2D eigenvalue weighted by Crippen LogP contribution is 2.32. The molecule has 1 amide bonds. The molecule has 1 aliphatic rings. The average Bonchev–Trinajstić information content (AvgIpc) is 2.73. The van der Waals surface area contributed by atoms with E-state index in [4.69, 9.17) is 0 Å². The van der Waals surface area contributed by atoms with Crippen LogP contribution in [-0.2, 0) is 4.79 Å². The second kappa shape index (κ2) is 3.41. The molecular formula is C7H6BrN3O2S. The van der Waals surface area contributed by atoms with Crippen molar-refractivity contribution in [2.75, 3.05) is 4.90 Å². The molecule has 1 aliphatic heterocycles. The minimum atomic E-state index is -0.976. The van der Waals surface area contributed by atoms with Crippen LogP contribution in [0.5, 0.6) is 0 Å². The lowest BCUT2D eigenvalue weighted by Crippen LogP contribution is -2.34. The molecule has 0 saturated heterocycles. The van der Waals surface area contributed by atoms with Crippen LogP contribution in [0.1, 0.15) is 6.92 Å². The third-order valence-electron chi connectivity index (χ3n) is 1.92. The number of carbonyl (C=O) groups is 1. The summed E-state index contributed by atoms with van der Waals surface area (Å²) in [6, 6.07) is 0. The van der Waals surface area contributed by atoms with Gasteiger partial charge in [0.2, 0.25) is 5.13 Å². The highest BCUT2D eigenvalue weighted by atomic mass is 79.9. The van der Waals surface area contributed by atoms with Gasteiger partial charge in [0, 0.05) is 17.1 Å². The van der Waals surface area contributed by atoms with Crippen molar-refractivity contribution in [1.82, 2.24) is 9.36 Å². The van der Waals surface area contributed by atoms with Crippen LogP contribution in [0, 0.1) is 0 Å². The number of aliphatic hydroxyl groups is 1. The number of aromatic nitrogens is 2. The van der Waals surface area contributed by atoms with Gasteiger partial charge in [-0.05, 0) is 6.92 Å². The Labute approximate surface area is 92.4 Å². The second-order valence-electron chi connectivity index (χ2n) is 2.75. The summed E-state index contributed by atoms with van der Waals surface area (Å²) in [5.41, 5.74) is 0.493. The summed E-state index contributed by atoms with van der Waals surface area (Å²) in [5, 5.41) is 10.1. The Morgan fingerprint density at radius 1 is 1.71 bits per heavy atom. The lowest BCUT2D eigenvalue weighted by Gasteiger charge is -2.17. The lowest BCUT2D eigenvalue weighted by molar-refractivity contribution is -0.115. The first-order valence-corrected chi connectivity index (χ1v) is 5.34. The molecule has 2 heterocycles. The van der Waals surface area contributed by atoms with Gasteiger partial charge in [-0.2, -0.15) is 4.37 Å². The summed E-state index contributed by atoms with van der Waals surface area (Å²) >= 11 is 4.23. The van der Waals surface area contributed by atoms with Crippen molar-refractivity contribution in [2.45, 2.75) is 13.2 Å². The standard InChI is InChI=1S/C7H6BrN3O2S/c1-3-4(8)6(13)11(5(3)12)7-9-2-10-14-7/h2,6,13H,1H3. The van der Waals surface area contributed by atoms with Crippen LogP contribution in [0.4, 0.5) is 5.13 Å². The van der Waals surface area contributed by atoms with E-state index in [0.29, 0.717) is 15.2 Å². The van der Waals surface area contributed by atoms with E-state index in [2.05, 4.69) is 25.3 Å². The lowest BCUT2D eigenvalue weighted by atomic mass is 10.3. The van der Waals surface area contributed by atoms with E-state index in [0.717, 1.165) is 11.5 Å². The Bertz CT molecular complexity index is 403. The Morgan fingerprint density at radius 2 is 2.43 bits per heavy atom. The Kier molecular flexibility index (Phi) is 2.38. The molecule has 0 aromatic carbocycles. The Balaban J connectivity index is 2.39. The van der Waals surface area contributed by atoms with Crippen LogP contribution in [0.3, 0.4) is 0 Å². The molecule has 1 atom stereocenters. The van der Waals surface area contributed by atoms with Crippen molar-refractivity contribution in [3.8, 4) is 0 Å². The molecule has 7 heteroatoms. The maximum Gasteiger partial charge on any atom is 0.259 e. The quantitative estimate of drug-likeness (QED) is 0.826. The van der Waals surface area contributed by atoms with Crippen LogP contribution >= 0.6 is 27.5 Å². The molecule has 0 spiro atoms. The van der Waals surface area contributed by atoms with Gasteiger partial charge in [-0.1, -0.05) is 15.9 Å². The second-order valence-corrected chi connectivity index (χ2v) is 4.36. The van der Waals surface area contributed by atoms with Gasteiger partial charge >= 0.3 is 0 Å². The fourth-order valence-electron chi connectivity index (χ4n) is 1.17. The molecule has 74 valence electrons. The van der Waals surface area contributed by atoms with Crippen molar-refractivity contribution in [3.05, 3.63) is 16.4 Å². The number of amides is 1. The number of aliphatic hydroxyl groups excluding tert-OH is 1. The van der Waals surface area contributed by atoms with E-state index < -0.39 is 6.23 Å². The highest BCUT2D eigenvalue weighted by Gasteiger charge is 2.37. The predicted molar refractivity (Wildman–Crippen MR) is 55.0 cm³/mol. The first-order valence-electron chi connectivity index (χ1n) is 3.77. The number of hydrogen-bond acceptors (Lipinski definition) is 5. The van der Waals surface area contributed by atoms with E-state index in [1.807, 2.05) is 0 Å². The number of rotatable bonds is 1. The molecule has 1 aromatic rings. The van der Waals surface area contributed by atoms with Crippen LogP contribution < -0.4 is 4.90 Å². The van der Waals surface area contributed by atoms with Gasteiger partial charge in [0.25, 0.3) is 5.91 Å². The smallest absolute Gasteiger partial charge is 0.259 e. The van der Waals surface area contributed by atoms with E-state index in [1.165, 1.54) is 11.2 Å². The average molecular weight is 276 g/mol. The summed E-state index contributed by atoms with van der Waals surface area (Å²) in [7, 11) is 0. The molecule has 14 heavy (non-hydrogen) atoms. The van der Waals surface area contributed by atoms with Crippen LogP contribution in [0.15, 0.2) is 16.4 Å². The molecule has 0 bridgehead atoms. The summed E-state index contributed by atoms with van der Waals surface area (Å²) < 4.78 is 4.26. The molecule has 0 aliphatic carbocycles. The van der Waals surface area contributed by atoms with Crippen LogP contribution in [0.25, 0.3) is 0 Å². The van der Waals surface area contributed by atoms with Gasteiger partial charge < -0.3 is 5.11 Å². The molecule has 0 saturated carbocycles. The van der Waals surface area contributed by atoms with Gasteiger partial charge in [0.1, 0.15) is 6.33 Å². The van der Waals surface area contributed by atoms with E-state index >= 15 is 0 Å². The van der Waals surface area contributed by atoms with Gasteiger partial charge in [-0.25, -0.2) is 4.98 Å². The number of halogens is 1. The number of carbonyl (C=O) groups excluding carboxylic acids is 1. The maximum atomic E-state index is 11.6. The fourth-order valence-corrected chi connectivity index (χ4v) is 2.09. The first-order chi connectivity index (χ1) is 6.63. The number of nitrogens with zero attached hydrogens (tertiary/aromatic N) is 3. The van der Waals surface area contributed by atoms with E-state index in [1.54, 1.807) is 6.92 Å². The predicted octanol–water partition coefficient (Wildman–Crippen LogP) is 0.872. The zero-order valence-corrected chi connectivity index (χ0v) is 9.54. The highest BCUT2D eigenvalue weighted by molar-refractivity contribution is 9.11. The first kappa shape index (κ1) is 9.75. The molecule has 0 radical (unpaired) electrons.